The molecule has 3 aliphatic rings. The summed E-state index contributed by atoms with van der Waals surface area (Å²) in [5.41, 5.74) is -2.84. The van der Waals surface area contributed by atoms with Crippen LogP contribution >= 0.6 is 0 Å². The number of aromatic nitrogens is 1. The molecule has 2 saturated heterocycles. The quantitative estimate of drug-likeness (QED) is 0.582. The molecular formula is C24H20F7N3O3. The van der Waals surface area contributed by atoms with E-state index in [-0.39, 0.29) is 42.7 Å². The Morgan fingerprint density at radius 2 is 1.76 bits per heavy atom. The van der Waals surface area contributed by atoms with E-state index in [0.717, 1.165) is 24.4 Å². The zero-order valence-corrected chi connectivity index (χ0v) is 18.9. The summed E-state index contributed by atoms with van der Waals surface area (Å²) in [6.45, 7) is 0.280. The fourth-order valence-electron chi connectivity index (χ4n) is 4.95. The van der Waals surface area contributed by atoms with Crippen LogP contribution in [0.4, 0.5) is 30.7 Å². The third-order valence-corrected chi connectivity index (χ3v) is 7.03. The van der Waals surface area contributed by atoms with E-state index in [9.17, 15) is 40.3 Å². The molecule has 0 bridgehead atoms. The Morgan fingerprint density at radius 3 is 2.35 bits per heavy atom. The summed E-state index contributed by atoms with van der Waals surface area (Å²) in [5, 5.41) is 2.66. The van der Waals surface area contributed by atoms with Crippen molar-refractivity contribution in [1.82, 2.24) is 15.2 Å². The Labute approximate surface area is 205 Å². The van der Waals surface area contributed by atoms with E-state index in [1.54, 1.807) is 0 Å². The van der Waals surface area contributed by atoms with Crippen molar-refractivity contribution in [2.24, 2.45) is 11.8 Å². The summed E-state index contributed by atoms with van der Waals surface area (Å²) in [6, 6.07) is 1.43. The predicted molar refractivity (Wildman–Crippen MR) is 112 cm³/mol. The molecule has 6 nitrogen and oxygen atoms in total. The maximum absolute atomic E-state index is 14.8. The van der Waals surface area contributed by atoms with Crippen LogP contribution in [0.25, 0.3) is 0 Å². The highest BCUT2D eigenvalue weighted by molar-refractivity contribution is 5.98. The minimum absolute atomic E-state index is 0.00286. The van der Waals surface area contributed by atoms with Crippen LogP contribution in [0.5, 0.6) is 0 Å². The van der Waals surface area contributed by atoms with Crippen LogP contribution in [0.3, 0.4) is 0 Å². The van der Waals surface area contributed by atoms with Crippen LogP contribution in [0.1, 0.15) is 46.1 Å². The summed E-state index contributed by atoms with van der Waals surface area (Å²) < 4.78 is 98.1. The van der Waals surface area contributed by atoms with E-state index in [2.05, 4.69) is 10.3 Å². The van der Waals surface area contributed by atoms with E-state index in [1.165, 1.54) is 4.90 Å². The molecule has 1 aliphatic carbocycles. The first-order valence-corrected chi connectivity index (χ1v) is 11.4. The average molecular weight is 531 g/mol. The zero-order chi connectivity index (χ0) is 26.7. The Balaban J connectivity index is 1.38. The van der Waals surface area contributed by atoms with Crippen molar-refractivity contribution < 1.29 is 45.1 Å². The third kappa shape index (κ3) is 4.88. The molecule has 2 aromatic rings. The average Bonchev–Trinajstić information content (AvgIpc) is 3.45. The van der Waals surface area contributed by atoms with E-state index in [4.69, 9.17) is 4.74 Å². The second kappa shape index (κ2) is 8.96. The van der Waals surface area contributed by atoms with Crippen molar-refractivity contribution in [2.75, 3.05) is 13.2 Å². The predicted octanol–water partition coefficient (Wildman–Crippen LogP) is 4.37. The second-order valence-electron chi connectivity index (χ2n) is 9.47. The van der Waals surface area contributed by atoms with Gasteiger partial charge in [-0.1, -0.05) is 6.07 Å². The van der Waals surface area contributed by atoms with Crippen LogP contribution in [0, 0.1) is 17.7 Å². The first-order chi connectivity index (χ1) is 17.3. The molecule has 2 amide bonds. The summed E-state index contributed by atoms with van der Waals surface area (Å²) in [7, 11) is 0. The van der Waals surface area contributed by atoms with Gasteiger partial charge in [-0.15, -0.1) is 0 Å². The number of carbonyl (C=O) groups is 2. The highest BCUT2D eigenvalue weighted by Crippen LogP contribution is 2.49. The number of carbonyl (C=O) groups excluding carboxylic acids is 2. The first-order valence-electron chi connectivity index (χ1n) is 11.4. The lowest BCUT2D eigenvalue weighted by Crippen LogP contribution is -2.51. The van der Waals surface area contributed by atoms with Crippen molar-refractivity contribution in [3.63, 3.8) is 0 Å². The van der Waals surface area contributed by atoms with Crippen molar-refractivity contribution >= 4 is 11.8 Å². The Morgan fingerprint density at radius 1 is 1.03 bits per heavy atom. The molecule has 198 valence electrons. The third-order valence-electron chi connectivity index (χ3n) is 7.03. The largest absolute Gasteiger partial charge is 0.433 e. The van der Waals surface area contributed by atoms with Gasteiger partial charge in [0.05, 0.1) is 24.8 Å². The monoisotopic (exact) mass is 531 g/mol. The number of hydrogen-bond donors (Lipinski definition) is 1. The maximum Gasteiger partial charge on any atom is 0.433 e. The van der Waals surface area contributed by atoms with Crippen molar-refractivity contribution in [3.05, 3.63) is 64.7 Å². The minimum atomic E-state index is -4.76. The molecule has 13 heteroatoms. The van der Waals surface area contributed by atoms with Gasteiger partial charge in [0.2, 0.25) is 5.91 Å². The first kappa shape index (κ1) is 25.4. The number of fused-ring (bicyclic) bond motifs is 1. The molecule has 3 heterocycles. The number of piperidine rings is 1. The van der Waals surface area contributed by atoms with Gasteiger partial charge in [0.15, 0.2) is 0 Å². The molecule has 3 fully saturated rings. The van der Waals surface area contributed by atoms with E-state index < -0.39 is 59.2 Å². The molecule has 5 rings (SSSR count). The number of rotatable bonds is 5. The molecule has 2 aliphatic heterocycles. The van der Waals surface area contributed by atoms with Gasteiger partial charge in [-0.25, -0.2) is 4.39 Å². The summed E-state index contributed by atoms with van der Waals surface area (Å²) in [6.07, 6.45) is -7.78. The lowest BCUT2D eigenvalue weighted by atomic mass is 9.90. The normalized spacial score (nSPS) is 24.3. The topological polar surface area (TPSA) is 71.5 Å². The molecule has 1 unspecified atom stereocenters. The van der Waals surface area contributed by atoms with Crippen molar-refractivity contribution in [2.45, 2.75) is 43.3 Å². The van der Waals surface area contributed by atoms with Gasteiger partial charge in [0.25, 0.3) is 5.91 Å². The minimum Gasteiger partial charge on any atom is -0.381 e. The molecule has 1 saturated carbocycles. The van der Waals surface area contributed by atoms with Crippen LogP contribution in [-0.2, 0) is 21.9 Å². The number of halogens is 7. The molecular weight excluding hydrogens is 511 g/mol. The Kier molecular flexibility index (Phi) is 6.16. The SMILES string of the molecule is O=C(NC(c1ccc(C(F)(F)F)cc1F)C1COC1)[C@H]1C[C@H]2C[C@H]2N1C(=O)c1ccnc(C(F)(F)F)c1. The molecule has 1 aromatic carbocycles. The van der Waals surface area contributed by atoms with Gasteiger partial charge in [0, 0.05) is 29.3 Å². The zero-order valence-electron chi connectivity index (χ0n) is 18.9. The van der Waals surface area contributed by atoms with Gasteiger partial charge in [-0.3, -0.25) is 14.6 Å². The number of pyridine rings is 1. The molecule has 1 N–H and O–H groups in total. The molecule has 37 heavy (non-hydrogen) atoms. The lowest BCUT2D eigenvalue weighted by Gasteiger charge is -2.36. The number of alkyl halides is 6. The van der Waals surface area contributed by atoms with Gasteiger partial charge < -0.3 is 15.0 Å². The second-order valence-corrected chi connectivity index (χ2v) is 9.47. The lowest BCUT2D eigenvalue weighted by molar-refractivity contribution is -0.141. The van der Waals surface area contributed by atoms with Gasteiger partial charge in [0.1, 0.15) is 17.6 Å². The van der Waals surface area contributed by atoms with Crippen molar-refractivity contribution in [1.29, 1.82) is 0 Å². The highest BCUT2D eigenvalue weighted by atomic mass is 19.4. The van der Waals surface area contributed by atoms with E-state index >= 15 is 0 Å². The number of amides is 2. The van der Waals surface area contributed by atoms with Crippen LogP contribution < -0.4 is 5.32 Å². The summed E-state index contributed by atoms with van der Waals surface area (Å²) in [5.74, 6) is -2.99. The molecule has 0 spiro atoms. The number of nitrogens with one attached hydrogen (secondary N) is 1. The van der Waals surface area contributed by atoms with Crippen LogP contribution in [0.2, 0.25) is 0 Å². The Bertz CT molecular complexity index is 1230. The Hall–Kier alpha value is -3.22. The smallest absolute Gasteiger partial charge is 0.381 e. The fraction of sp³-hybridized carbons (Fsp3) is 0.458. The molecule has 4 atom stereocenters. The van der Waals surface area contributed by atoms with Gasteiger partial charge >= 0.3 is 12.4 Å². The van der Waals surface area contributed by atoms with Crippen LogP contribution in [-0.4, -0.2) is 47.0 Å². The van der Waals surface area contributed by atoms with Gasteiger partial charge in [-0.05, 0) is 43.0 Å². The molecule has 1 aromatic heterocycles. The number of ether oxygens (including phenoxy) is 1. The van der Waals surface area contributed by atoms with Gasteiger partial charge in [-0.2, -0.15) is 26.3 Å². The standard InChI is InChI=1S/C24H20F7N3O3/c25-16-8-14(23(26,27)28)1-2-15(16)20(13-9-37-10-13)33-21(35)18-6-12-5-17(12)34(18)22(36)11-3-4-32-19(7-11)24(29,30)31/h1-4,7-8,12-13,17-18,20H,5-6,9-10H2,(H,33,35)/t12-,17-,18-,20?/m1/s1. The highest BCUT2D eigenvalue weighted by Gasteiger charge is 2.56. The summed E-state index contributed by atoms with van der Waals surface area (Å²) >= 11 is 0. The molecule has 0 radical (unpaired) electrons. The van der Waals surface area contributed by atoms with Crippen molar-refractivity contribution in [3.8, 4) is 0 Å². The van der Waals surface area contributed by atoms with E-state index in [1.807, 2.05) is 0 Å². The number of nitrogens with zero attached hydrogens (tertiary/aromatic N) is 2. The maximum atomic E-state index is 14.8. The number of benzene rings is 1. The number of hydrogen-bond acceptors (Lipinski definition) is 4. The van der Waals surface area contributed by atoms with Crippen LogP contribution in [0.15, 0.2) is 36.5 Å². The van der Waals surface area contributed by atoms with E-state index in [0.29, 0.717) is 18.6 Å². The summed E-state index contributed by atoms with van der Waals surface area (Å²) in [4.78, 5) is 31.0. The number of likely N-dealkylation sites (tertiary alicyclic amines) is 1. The fourth-order valence-corrected chi connectivity index (χ4v) is 4.95.